The molecule has 3 nitrogen and oxygen atoms in total. The summed E-state index contributed by atoms with van der Waals surface area (Å²) in [6.07, 6.45) is 2.11. The Morgan fingerprint density at radius 3 is 2.88 bits per heavy atom. The van der Waals surface area contributed by atoms with Gasteiger partial charge in [0.2, 0.25) is 0 Å². The Bertz CT molecular complexity index is 413. The highest BCUT2D eigenvalue weighted by Gasteiger charge is 2.43. The van der Waals surface area contributed by atoms with Crippen molar-refractivity contribution in [3.8, 4) is 0 Å². The van der Waals surface area contributed by atoms with Crippen molar-refractivity contribution in [2.45, 2.75) is 25.0 Å². The smallest absolute Gasteiger partial charge is 0.113 e. The summed E-state index contributed by atoms with van der Waals surface area (Å²) in [5, 5.41) is 0. The first-order valence-electron chi connectivity index (χ1n) is 5.68. The second-order valence-electron chi connectivity index (χ2n) is 4.73. The molecule has 1 fully saturated rings. The second-order valence-corrected chi connectivity index (χ2v) is 5.54. The number of fused-ring (bicyclic) bond motifs is 2. The largest absolute Gasteiger partial charge is 0.364 e. The van der Waals surface area contributed by atoms with Gasteiger partial charge in [0, 0.05) is 18.7 Å². The lowest BCUT2D eigenvalue weighted by Crippen LogP contribution is -2.41. The van der Waals surface area contributed by atoms with Gasteiger partial charge in [-0.2, -0.15) is 0 Å². The summed E-state index contributed by atoms with van der Waals surface area (Å²) < 4.78 is 6.96. The first-order chi connectivity index (χ1) is 7.70. The molecule has 0 aromatic carbocycles. The molecule has 1 saturated heterocycles. The van der Waals surface area contributed by atoms with Crippen LogP contribution in [0, 0.1) is 0 Å². The van der Waals surface area contributed by atoms with Crippen LogP contribution in [0.5, 0.6) is 0 Å². The van der Waals surface area contributed by atoms with Gasteiger partial charge in [-0.3, -0.25) is 0 Å². The Labute approximate surface area is 104 Å². The first-order valence-corrected chi connectivity index (χ1v) is 6.47. The van der Waals surface area contributed by atoms with E-state index in [1.165, 1.54) is 5.56 Å². The van der Waals surface area contributed by atoms with Crippen molar-refractivity contribution in [2.75, 3.05) is 20.1 Å². The van der Waals surface area contributed by atoms with Gasteiger partial charge in [-0.15, -0.1) is 0 Å². The molecule has 1 aromatic heterocycles. The van der Waals surface area contributed by atoms with E-state index in [4.69, 9.17) is 4.74 Å². The third-order valence-electron chi connectivity index (χ3n) is 3.68. The van der Waals surface area contributed by atoms with E-state index in [2.05, 4.69) is 38.9 Å². The Morgan fingerprint density at radius 1 is 1.38 bits per heavy atom. The van der Waals surface area contributed by atoms with E-state index in [1.807, 2.05) is 6.07 Å². The van der Waals surface area contributed by atoms with Gasteiger partial charge in [0.1, 0.15) is 10.2 Å². The molecule has 0 radical (unpaired) electrons. The number of nitrogens with zero attached hydrogens (tertiary/aromatic N) is 2. The molecular weight excluding hydrogens is 268 g/mol. The highest BCUT2D eigenvalue weighted by atomic mass is 79.9. The number of ether oxygens (including phenoxy) is 1. The van der Waals surface area contributed by atoms with Crippen molar-refractivity contribution in [1.82, 2.24) is 9.88 Å². The van der Waals surface area contributed by atoms with Crippen molar-refractivity contribution < 1.29 is 4.74 Å². The van der Waals surface area contributed by atoms with E-state index in [-0.39, 0.29) is 5.60 Å². The van der Waals surface area contributed by atoms with Crippen LogP contribution < -0.4 is 0 Å². The average Bonchev–Trinajstić information content (AvgIpc) is 2.62. The van der Waals surface area contributed by atoms with Gasteiger partial charge in [-0.25, -0.2) is 4.98 Å². The monoisotopic (exact) mass is 282 g/mol. The normalized spacial score (nSPS) is 23.6. The lowest BCUT2D eigenvalue weighted by molar-refractivity contribution is -0.0776. The second kappa shape index (κ2) is 3.79. The minimum absolute atomic E-state index is 0.106. The maximum atomic E-state index is 6.05. The number of rotatable bonds is 0. The summed E-state index contributed by atoms with van der Waals surface area (Å²) in [5.74, 6) is 0. The van der Waals surface area contributed by atoms with Crippen molar-refractivity contribution in [2.24, 2.45) is 0 Å². The molecule has 3 heterocycles. The minimum Gasteiger partial charge on any atom is -0.364 e. The van der Waals surface area contributed by atoms with Crippen LogP contribution in [-0.4, -0.2) is 30.0 Å². The van der Waals surface area contributed by atoms with E-state index < -0.39 is 0 Å². The third-order valence-corrected chi connectivity index (χ3v) is 4.12. The molecule has 2 aliphatic heterocycles. The maximum absolute atomic E-state index is 6.05. The molecule has 0 bridgehead atoms. The van der Waals surface area contributed by atoms with E-state index in [1.54, 1.807) is 0 Å². The van der Waals surface area contributed by atoms with E-state index >= 15 is 0 Å². The lowest BCUT2D eigenvalue weighted by Gasteiger charge is -2.36. The van der Waals surface area contributed by atoms with Crippen LogP contribution in [0.25, 0.3) is 0 Å². The zero-order chi connectivity index (χ0) is 11.2. The van der Waals surface area contributed by atoms with Crippen molar-refractivity contribution in [3.05, 3.63) is 28.0 Å². The number of halogens is 1. The zero-order valence-electron chi connectivity index (χ0n) is 9.37. The molecule has 1 spiro atoms. The molecule has 3 rings (SSSR count). The number of piperidine rings is 1. The molecule has 0 atom stereocenters. The number of hydrogen-bond donors (Lipinski definition) is 0. The van der Waals surface area contributed by atoms with Crippen LogP contribution >= 0.6 is 15.9 Å². The number of pyridine rings is 1. The molecule has 16 heavy (non-hydrogen) atoms. The van der Waals surface area contributed by atoms with Crippen LogP contribution in [-0.2, 0) is 16.9 Å². The third kappa shape index (κ3) is 1.60. The average molecular weight is 283 g/mol. The van der Waals surface area contributed by atoms with E-state index in [0.29, 0.717) is 0 Å². The fraction of sp³-hybridized carbons (Fsp3) is 0.583. The van der Waals surface area contributed by atoms with Crippen LogP contribution in [0.15, 0.2) is 16.7 Å². The van der Waals surface area contributed by atoms with Gasteiger partial charge in [0.15, 0.2) is 0 Å². The van der Waals surface area contributed by atoms with E-state index in [9.17, 15) is 0 Å². The van der Waals surface area contributed by atoms with Gasteiger partial charge >= 0.3 is 0 Å². The number of hydrogen-bond acceptors (Lipinski definition) is 3. The molecule has 0 amide bonds. The van der Waals surface area contributed by atoms with Crippen molar-refractivity contribution in [3.63, 3.8) is 0 Å². The first kappa shape index (κ1) is 10.7. The lowest BCUT2D eigenvalue weighted by atomic mass is 9.87. The summed E-state index contributed by atoms with van der Waals surface area (Å²) in [4.78, 5) is 6.98. The maximum Gasteiger partial charge on any atom is 0.113 e. The molecule has 1 aromatic rings. The van der Waals surface area contributed by atoms with Crippen LogP contribution in [0.2, 0.25) is 0 Å². The van der Waals surface area contributed by atoms with Gasteiger partial charge in [-0.1, -0.05) is 6.07 Å². The van der Waals surface area contributed by atoms with Gasteiger partial charge in [-0.05, 0) is 41.9 Å². The fourth-order valence-corrected chi connectivity index (χ4v) is 2.93. The molecule has 0 saturated carbocycles. The minimum atomic E-state index is -0.106. The quantitative estimate of drug-likeness (QED) is 0.683. The Morgan fingerprint density at radius 2 is 2.12 bits per heavy atom. The topological polar surface area (TPSA) is 25.4 Å². The molecule has 0 N–H and O–H groups in total. The SMILES string of the molecule is CN1CCC2(CC1)OCc1ccc(Br)nc12. The summed E-state index contributed by atoms with van der Waals surface area (Å²) >= 11 is 3.45. The van der Waals surface area contributed by atoms with Crippen LogP contribution in [0.4, 0.5) is 0 Å². The van der Waals surface area contributed by atoms with Crippen molar-refractivity contribution in [1.29, 1.82) is 0 Å². The summed E-state index contributed by atoms with van der Waals surface area (Å²) in [5.41, 5.74) is 2.31. The Hall–Kier alpha value is -0.450. The molecule has 0 aliphatic carbocycles. The fourth-order valence-electron chi connectivity index (χ4n) is 2.62. The van der Waals surface area contributed by atoms with Crippen LogP contribution in [0.3, 0.4) is 0 Å². The molecular formula is C12H15BrN2O. The molecule has 0 unspecified atom stereocenters. The molecule has 2 aliphatic rings. The summed E-state index contributed by atoms with van der Waals surface area (Å²) in [6.45, 7) is 2.90. The van der Waals surface area contributed by atoms with Gasteiger partial charge in [0.25, 0.3) is 0 Å². The molecule has 86 valence electrons. The predicted octanol–water partition coefficient (Wildman–Crippen LogP) is 2.30. The van der Waals surface area contributed by atoms with Gasteiger partial charge in [0.05, 0.1) is 12.3 Å². The zero-order valence-corrected chi connectivity index (χ0v) is 11.0. The number of likely N-dealkylation sites (tertiary alicyclic amines) is 1. The number of aromatic nitrogens is 1. The standard InChI is InChI=1S/C12H15BrN2O/c1-15-6-4-12(5-7-15)11-9(8-16-12)2-3-10(13)14-11/h2-3H,4-8H2,1H3. The highest BCUT2D eigenvalue weighted by molar-refractivity contribution is 9.10. The van der Waals surface area contributed by atoms with Crippen molar-refractivity contribution >= 4 is 15.9 Å². The van der Waals surface area contributed by atoms with Gasteiger partial charge < -0.3 is 9.64 Å². The molecule has 4 heteroatoms. The summed E-state index contributed by atoms with van der Waals surface area (Å²) in [6, 6.07) is 4.12. The Balaban J connectivity index is 1.98. The highest BCUT2D eigenvalue weighted by Crippen LogP contribution is 2.43. The summed E-state index contributed by atoms with van der Waals surface area (Å²) in [7, 11) is 2.16. The predicted molar refractivity (Wildman–Crippen MR) is 65.1 cm³/mol. The Kier molecular flexibility index (Phi) is 2.53. The van der Waals surface area contributed by atoms with E-state index in [0.717, 1.165) is 42.8 Å². The van der Waals surface area contributed by atoms with Crippen LogP contribution in [0.1, 0.15) is 24.1 Å².